The van der Waals surface area contributed by atoms with E-state index in [1.165, 1.54) is 13.3 Å². The summed E-state index contributed by atoms with van der Waals surface area (Å²) in [5.74, 6) is -0.509. The van der Waals surface area contributed by atoms with Gasteiger partial charge in [-0.15, -0.1) is 0 Å². The lowest BCUT2D eigenvalue weighted by molar-refractivity contribution is 0.0950. The van der Waals surface area contributed by atoms with Gasteiger partial charge in [-0.25, -0.2) is 10.1 Å². The molecular formula is C17H13ClN4O2. The predicted octanol–water partition coefficient (Wildman–Crippen LogP) is 2.35. The van der Waals surface area contributed by atoms with Crippen LogP contribution in [0.5, 0.6) is 0 Å². The standard InChI is InChI=1S/C17H13ClN4O2/c1-22-17(24)13-8-4-3-7-12(13)15(21-22)16(23)20-19-10-11-6-2-5-9-14(11)18/h2-10H,1H3,(H,20,23)/b19-10-. The molecule has 0 bridgehead atoms. The second-order valence-electron chi connectivity index (χ2n) is 5.04. The van der Waals surface area contributed by atoms with Crippen molar-refractivity contribution >= 4 is 34.5 Å². The quantitative estimate of drug-likeness (QED) is 0.587. The Morgan fingerprint density at radius 3 is 2.58 bits per heavy atom. The van der Waals surface area contributed by atoms with Crippen LogP contribution in [0, 0.1) is 0 Å². The summed E-state index contributed by atoms with van der Waals surface area (Å²) in [6.45, 7) is 0. The predicted molar refractivity (Wildman–Crippen MR) is 93.5 cm³/mol. The number of rotatable bonds is 3. The highest BCUT2D eigenvalue weighted by Gasteiger charge is 2.14. The number of aryl methyl sites for hydroxylation is 1. The van der Waals surface area contributed by atoms with Crippen LogP contribution in [0.15, 0.2) is 58.4 Å². The number of hydrogen-bond donors (Lipinski definition) is 1. The Kier molecular flexibility index (Phi) is 4.39. The van der Waals surface area contributed by atoms with Crippen molar-refractivity contribution in [1.29, 1.82) is 0 Å². The minimum Gasteiger partial charge on any atom is -0.267 e. The van der Waals surface area contributed by atoms with Gasteiger partial charge in [-0.05, 0) is 12.1 Å². The van der Waals surface area contributed by atoms with Crippen molar-refractivity contribution in [1.82, 2.24) is 15.2 Å². The molecule has 0 aliphatic rings. The maximum absolute atomic E-state index is 12.4. The lowest BCUT2D eigenvalue weighted by Crippen LogP contribution is -2.27. The molecule has 0 saturated heterocycles. The van der Waals surface area contributed by atoms with E-state index < -0.39 is 5.91 Å². The molecule has 0 fully saturated rings. The molecule has 0 atom stereocenters. The summed E-state index contributed by atoms with van der Waals surface area (Å²) in [7, 11) is 1.50. The average Bonchev–Trinajstić information content (AvgIpc) is 2.59. The fourth-order valence-corrected chi connectivity index (χ4v) is 2.45. The summed E-state index contributed by atoms with van der Waals surface area (Å²) in [6.07, 6.45) is 1.45. The zero-order valence-electron chi connectivity index (χ0n) is 12.7. The highest BCUT2D eigenvalue weighted by molar-refractivity contribution is 6.33. The van der Waals surface area contributed by atoms with E-state index in [1.807, 2.05) is 6.07 Å². The molecule has 6 nitrogen and oxygen atoms in total. The highest BCUT2D eigenvalue weighted by Crippen LogP contribution is 2.13. The molecule has 0 aliphatic heterocycles. The first kappa shape index (κ1) is 15.9. The van der Waals surface area contributed by atoms with Gasteiger partial charge >= 0.3 is 0 Å². The van der Waals surface area contributed by atoms with Crippen molar-refractivity contribution < 1.29 is 4.79 Å². The lowest BCUT2D eigenvalue weighted by Gasteiger charge is -2.06. The summed E-state index contributed by atoms with van der Waals surface area (Å²) in [4.78, 5) is 24.4. The molecule has 0 radical (unpaired) electrons. The zero-order chi connectivity index (χ0) is 17.1. The SMILES string of the molecule is Cn1nc(C(=O)N/N=C\c2ccccc2Cl)c2ccccc2c1=O. The minimum atomic E-state index is -0.509. The van der Waals surface area contributed by atoms with Gasteiger partial charge in [0, 0.05) is 23.0 Å². The molecule has 7 heteroatoms. The van der Waals surface area contributed by atoms with Crippen LogP contribution < -0.4 is 11.0 Å². The van der Waals surface area contributed by atoms with Crippen molar-refractivity contribution in [3.05, 3.63) is 75.2 Å². The number of nitrogens with one attached hydrogen (secondary N) is 1. The summed E-state index contributed by atoms with van der Waals surface area (Å²) < 4.78 is 1.13. The molecule has 1 N–H and O–H groups in total. The van der Waals surface area contributed by atoms with Crippen LogP contribution >= 0.6 is 11.6 Å². The van der Waals surface area contributed by atoms with Gasteiger partial charge in [0.15, 0.2) is 5.69 Å². The molecule has 0 unspecified atom stereocenters. The molecule has 120 valence electrons. The number of hydrogen-bond acceptors (Lipinski definition) is 4. The number of hydrazone groups is 1. The first-order valence-electron chi connectivity index (χ1n) is 7.12. The number of carbonyl (C=O) groups excluding carboxylic acids is 1. The van der Waals surface area contributed by atoms with Crippen molar-refractivity contribution in [2.45, 2.75) is 0 Å². The van der Waals surface area contributed by atoms with Gasteiger partial charge in [-0.2, -0.15) is 10.2 Å². The first-order chi connectivity index (χ1) is 11.6. The van der Waals surface area contributed by atoms with E-state index in [1.54, 1.807) is 42.5 Å². The maximum Gasteiger partial charge on any atom is 0.292 e. The van der Waals surface area contributed by atoms with E-state index in [4.69, 9.17) is 11.6 Å². The molecule has 1 heterocycles. The summed E-state index contributed by atoms with van der Waals surface area (Å²) >= 11 is 6.02. The van der Waals surface area contributed by atoms with E-state index >= 15 is 0 Å². The van der Waals surface area contributed by atoms with Crippen molar-refractivity contribution in [2.75, 3.05) is 0 Å². The zero-order valence-corrected chi connectivity index (χ0v) is 13.5. The topological polar surface area (TPSA) is 76.3 Å². The maximum atomic E-state index is 12.4. The lowest BCUT2D eigenvalue weighted by atomic mass is 10.1. The Morgan fingerprint density at radius 2 is 1.83 bits per heavy atom. The van der Waals surface area contributed by atoms with Gasteiger partial charge < -0.3 is 0 Å². The van der Waals surface area contributed by atoms with Gasteiger partial charge in [-0.1, -0.05) is 48.0 Å². The third-order valence-corrected chi connectivity index (χ3v) is 3.79. The summed E-state index contributed by atoms with van der Waals surface area (Å²) in [6, 6.07) is 13.9. The van der Waals surface area contributed by atoms with Gasteiger partial charge in [0.25, 0.3) is 11.5 Å². The largest absolute Gasteiger partial charge is 0.292 e. The number of amides is 1. The summed E-state index contributed by atoms with van der Waals surface area (Å²) in [5.41, 5.74) is 2.95. The number of carbonyl (C=O) groups is 1. The molecule has 0 aliphatic carbocycles. The smallest absolute Gasteiger partial charge is 0.267 e. The Bertz CT molecular complexity index is 1010. The number of aromatic nitrogens is 2. The van der Waals surface area contributed by atoms with Crippen LogP contribution in [-0.4, -0.2) is 21.9 Å². The Labute approximate surface area is 142 Å². The van der Waals surface area contributed by atoms with E-state index in [2.05, 4.69) is 15.6 Å². The van der Waals surface area contributed by atoms with Gasteiger partial charge in [-0.3, -0.25) is 9.59 Å². The molecule has 3 aromatic rings. The van der Waals surface area contributed by atoms with Crippen molar-refractivity contribution in [3.63, 3.8) is 0 Å². The molecule has 0 spiro atoms. The second kappa shape index (κ2) is 6.64. The number of halogens is 1. The van der Waals surface area contributed by atoms with Crippen molar-refractivity contribution in [2.24, 2.45) is 12.1 Å². The molecule has 1 amide bonds. The minimum absolute atomic E-state index is 0.129. The van der Waals surface area contributed by atoms with E-state index in [0.29, 0.717) is 21.4 Å². The third kappa shape index (κ3) is 3.04. The molecule has 2 aromatic carbocycles. The molecule has 1 aromatic heterocycles. The Balaban J connectivity index is 1.91. The number of fused-ring (bicyclic) bond motifs is 1. The summed E-state index contributed by atoms with van der Waals surface area (Å²) in [5, 5.41) is 9.37. The van der Waals surface area contributed by atoms with Crippen LogP contribution in [0.25, 0.3) is 10.8 Å². The van der Waals surface area contributed by atoms with E-state index in [0.717, 1.165) is 4.68 Å². The van der Waals surface area contributed by atoms with Crippen LogP contribution in [-0.2, 0) is 7.05 Å². The number of benzene rings is 2. The van der Waals surface area contributed by atoms with Gasteiger partial charge in [0.05, 0.1) is 11.6 Å². The monoisotopic (exact) mass is 340 g/mol. The van der Waals surface area contributed by atoms with Gasteiger partial charge in [0.1, 0.15) is 0 Å². The fraction of sp³-hybridized carbons (Fsp3) is 0.0588. The molecule has 3 rings (SSSR count). The van der Waals surface area contributed by atoms with E-state index in [9.17, 15) is 9.59 Å². The molecule has 0 saturated carbocycles. The number of nitrogens with zero attached hydrogens (tertiary/aromatic N) is 3. The Hall–Kier alpha value is -2.99. The van der Waals surface area contributed by atoms with E-state index in [-0.39, 0.29) is 11.3 Å². The average molecular weight is 341 g/mol. The highest BCUT2D eigenvalue weighted by atomic mass is 35.5. The van der Waals surface area contributed by atoms with Crippen molar-refractivity contribution in [3.8, 4) is 0 Å². The normalized spacial score (nSPS) is 11.1. The third-order valence-electron chi connectivity index (χ3n) is 3.45. The van der Waals surface area contributed by atoms with Gasteiger partial charge in [0.2, 0.25) is 0 Å². The second-order valence-corrected chi connectivity index (χ2v) is 5.45. The fourth-order valence-electron chi connectivity index (χ4n) is 2.26. The van der Waals surface area contributed by atoms with Crippen LogP contribution in [0.4, 0.5) is 0 Å². The molecule has 24 heavy (non-hydrogen) atoms. The first-order valence-corrected chi connectivity index (χ1v) is 7.49. The molecular weight excluding hydrogens is 328 g/mol. The Morgan fingerprint density at radius 1 is 1.17 bits per heavy atom. The van der Waals surface area contributed by atoms with Crippen LogP contribution in [0.3, 0.4) is 0 Å². The van der Waals surface area contributed by atoms with Crippen LogP contribution in [0.1, 0.15) is 16.1 Å². The van der Waals surface area contributed by atoms with Crippen LogP contribution in [0.2, 0.25) is 5.02 Å².